The number of nitrogens with one attached hydrogen (secondary N) is 1. The lowest BCUT2D eigenvalue weighted by Gasteiger charge is -2.07. The lowest BCUT2D eigenvalue weighted by atomic mass is 10.1. The van der Waals surface area contributed by atoms with Gasteiger partial charge in [-0.2, -0.15) is 0 Å². The Bertz CT molecular complexity index is 437. The van der Waals surface area contributed by atoms with Gasteiger partial charge in [-0.15, -0.1) is 0 Å². The highest BCUT2D eigenvalue weighted by Gasteiger charge is 2.12. The summed E-state index contributed by atoms with van der Waals surface area (Å²) in [6, 6.07) is 4.76. The molecule has 0 spiro atoms. The van der Waals surface area contributed by atoms with E-state index < -0.39 is 5.82 Å². The van der Waals surface area contributed by atoms with Gasteiger partial charge in [0.15, 0.2) is 0 Å². The lowest BCUT2D eigenvalue weighted by Crippen LogP contribution is -2.25. The van der Waals surface area contributed by atoms with E-state index >= 15 is 0 Å². The van der Waals surface area contributed by atoms with Crippen molar-refractivity contribution in [1.82, 2.24) is 5.32 Å². The van der Waals surface area contributed by atoms with Crippen LogP contribution < -0.4 is 5.32 Å². The first-order chi connectivity index (χ1) is 10.2. The number of halogens is 2. The molecule has 0 aliphatic carbocycles. The summed E-state index contributed by atoms with van der Waals surface area (Å²) in [6.45, 7) is 2.83. The Morgan fingerprint density at radius 1 is 1.10 bits per heavy atom. The maximum absolute atomic E-state index is 13.7. The van der Waals surface area contributed by atoms with E-state index in [0.717, 1.165) is 12.8 Å². The minimum absolute atomic E-state index is 0.101. The van der Waals surface area contributed by atoms with Crippen molar-refractivity contribution < 1.29 is 9.18 Å². The fourth-order valence-corrected chi connectivity index (χ4v) is 2.60. The molecule has 4 heteroatoms. The predicted molar refractivity (Wildman–Crippen MR) is 89.0 cm³/mol. The topological polar surface area (TPSA) is 29.1 Å². The van der Waals surface area contributed by atoms with Gasteiger partial charge >= 0.3 is 0 Å². The van der Waals surface area contributed by atoms with Crippen molar-refractivity contribution in [3.63, 3.8) is 0 Å². The van der Waals surface area contributed by atoms with Crippen LogP contribution in [0.5, 0.6) is 0 Å². The van der Waals surface area contributed by atoms with E-state index in [0.29, 0.717) is 11.0 Å². The fraction of sp³-hybridized carbons (Fsp3) is 0.588. The van der Waals surface area contributed by atoms with Gasteiger partial charge in [-0.25, -0.2) is 4.39 Å². The Labute approximate surface area is 135 Å². The van der Waals surface area contributed by atoms with Gasteiger partial charge < -0.3 is 5.32 Å². The van der Waals surface area contributed by atoms with E-state index in [9.17, 15) is 9.18 Å². The smallest absolute Gasteiger partial charge is 0.254 e. The van der Waals surface area contributed by atoms with Crippen LogP contribution in [0, 0.1) is 5.82 Å². The SMILES string of the molecule is CCCCCCCCCCNC(=O)c1cccc(Br)c1F. The summed E-state index contributed by atoms with van der Waals surface area (Å²) in [7, 11) is 0. The lowest BCUT2D eigenvalue weighted by molar-refractivity contribution is 0.0948. The summed E-state index contributed by atoms with van der Waals surface area (Å²) in [5.74, 6) is -0.831. The Hall–Kier alpha value is -0.900. The molecule has 2 nitrogen and oxygen atoms in total. The molecular weight excluding hydrogens is 333 g/mol. The standard InChI is InChI=1S/C17H25BrFNO/c1-2-3-4-5-6-7-8-9-13-20-17(21)14-11-10-12-15(18)16(14)19/h10-12H,2-9,13H2,1H3,(H,20,21). The molecule has 0 atom stereocenters. The molecule has 118 valence electrons. The van der Waals surface area contributed by atoms with Gasteiger partial charge in [-0.05, 0) is 34.5 Å². The number of hydrogen-bond donors (Lipinski definition) is 1. The third-order valence-electron chi connectivity index (χ3n) is 3.51. The van der Waals surface area contributed by atoms with Crippen molar-refractivity contribution >= 4 is 21.8 Å². The molecule has 0 heterocycles. The summed E-state index contributed by atoms with van der Waals surface area (Å²) in [6.07, 6.45) is 9.80. The van der Waals surface area contributed by atoms with Crippen molar-refractivity contribution in [2.24, 2.45) is 0 Å². The normalized spacial score (nSPS) is 10.6. The van der Waals surface area contributed by atoms with Crippen LogP contribution in [0.2, 0.25) is 0 Å². The molecule has 0 unspecified atom stereocenters. The van der Waals surface area contributed by atoms with Gasteiger partial charge in [-0.3, -0.25) is 4.79 Å². The van der Waals surface area contributed by atoms with Gasteiger partial charge in [-0.1, -0.05) is 57.9 Å². The number of unbranched alkanes of at least 4 members (excludes halogenated alkanes) is 7. The maximum Gasteiger partial charge on any atom is 0.254 e. The molecule has 1 amide bonds. The quantitative estimate of drug-likeness (QED) is 0.553. The second kappa shape index (κ2) is 10.8. The van der Waals surface area contributed by atoms with Gasteiger partial charge in [0.2, 0.25) is 0 Å². The number of rotatable bonds is 10. The molecule has 0 bridgehead atoms. The largest absolute Gasteiger partial charge is 0.352 e. The van der Waals surface area contributed by atoms with E-state index in [1.165, 1.54) is 44.6 Å². The Morgan fingerprint density at radius 3 is 2.38 bits per heavy atom. The summed E-state index contributed by atoms with van der Waals surface area (Å²) in [4.78, 5) is 11.9. The van der Waals surface area contributed by atoms with E-state index in [1.807, 2.05) is 0 Å². The highest BCUT2D eigenvalue weighted by atomic mass is 79.9. The van der Waals surface area contributed by atoms with Crippen molar-refractivity contribution in [2.45, 2.75) is 58.3 Å². The van der Waals surface area contributed by atoms with Gasteiger partial charge in [0, 0.05) is 6.54 Å². The van der Waals surface area contributed by atoms with E-state index in [4.69, 9.17) is 0 Å². The van der Waals surface area contributed by atoms with Gasteiger partial charge in [0.1, 0.15) is 5.82 Å². The molecule has 0 fully saturated rings. The monoisotopic (exact) mass is 357 g/mol. The Balaban J connectivity index is 2.13. The van der Waals surface area contributed by atoms with Crippen molar-refractivity contribution in [2.75, 3.05) is 6.54 Å². The molecule has 0 aliphatic rings. The van der Waals surface area contributed by atoms with Crippen LogP contribution in [0.25, 0.3) is 0 Å². The summed E-state index contributed by atoms with van der Waals surface area (Å²) in [5, 5.41) is 2.78. The third kappa shape index (κ3) is 7.07. The molecule has 0 aromatic heterocycles. The van der Waals surface area contributed by atoms with Crippen LogP contribution in [0.4, 0.5) is 4.39 Å². The van der Waals surface area contributed by atoms with Crippen LogP contribution in [0.1, 0.15) is 68.6 Å². The first-order valence-electron chi connectivity index (χ1n) is 7.89. The average Bonchev–Trinajstić information content (AvgIpc) is 2.48. The third-order valence-corrected chi connectivity index (χ3v) is 4.12. The maximum atomic E-state index is 13.7. The molecule has 1 aromatic rings. The minimum Gasteiger partial charge on any atom is -0.352 e. The first-order valence-corrected chi connectivity index (χ1v) is 8.68. The molecule has 0 aliphatic heterocycles. The zero-order valence-corrected chi connectivity index (χ0v) is 14.3. The molecule has 1 aromatic carbocycles. The van der Waals surface area contributed by atoms with E-state index in [-0.39, 0.29) is 11.5 Å². The molecule has 1 rings (SSSR count). The Morgan fingerprint density at radius 2 is 1.71 bits per heavy atom. The number of carbonyl (C=O) groups is 1. The number of amides is 1. The molecular formula is C17H25BrFNO. The van der Waals surface area contributed by atoms with Crippen LogP contribution in [0.15, 0.2) is 22.7 Å². The summed E-state index contributed by atoms with van der Waals surface area (Å²) < 4.78 is 14.0. The van der Waals surface area contributed by atoms with Crippen molar-refractivity contribution in [1.29, 1.82) is 0 Å². The molecule has 0 saturated carbocycles. The predicted octanol–water partition coefficient (Wildman–Crippen LogP) is 5.46. The van der Waals surface area contributed by atoms with Crippen LogP contribution in [-0.4, -0.2) is 12.5 Å². The zero-order valence-electron chi connectivity index (χ0n) is 12.8. The number of benzene rings is 1. The molecule has 0 radical (unpaired) electrons. The van der Waals surface area contributed by atoms with E-state index in [2.05, 4.69) is 28.2 Å². The highest BCUT2D eigenvalue weighted by Crippen LogP contribution is 2.18. The number of hydrogen-bond acceptors (Lipinski definition) is 1. The van der Waals surface area contributed by atoms with Gasteiger partial charge in [0.05, 0.1) is 10.0 Å². The Kier molecular flexibility index (Phi) is 9.31. The van der Waals surface area contributed by atoms with E-state index in [1.54, 1.807) is 12.1 Å². The molecule has 21 heavy (non-hydrogen) atoms. The van der Waals surface area contributed by atoms with Crippen LogP contribution in [0.3, 0.4) is 0 Å². The second-order valence-electron chi connectivity index (χ2n) is 5.33. The van der Waals surface area contributed by atoms with Crippen LogP contribution in [-0.2, 0) is 0 Å². The van der Waals surface area contributed by atoms with Gasteiger partial charge in [0.25, 0.3) is 5.91 Å². The minimum atomic E-state index is -0.495. The first kappa shape index (κ1) is 18.1. The van der Waals surface area contributed by atoms with Crippen molar-refractivity contribution in [3.8, 4) is 0 Å². The fourth-order valence-electron chi connectivity index (χ4n) is 2.24. The molecule has 0 saturated heterocycles. The van der Waals surface area contributed by atoms with Crippen molar-refractivity contribution in [3.05, 3.63) is 34.1 Å². The summed E-state index contributed by atoms with van der Waals surface area (Å²) in [5.41, 5.74) is 0.101. The average molecular weight is 358 g/mol. The zero-order chi connectivity index (χ0) is 15.5. The summed E-state index contributed by atoms with van der Waals surface area (Å²) >= 11 is 3.09. The molecule has 1 N–H and O–H groups in total. The van der Waals surface area contributed by atoms with Crippen LogP contribution >= 0.6 is 15.9 Å². The number of carbonyl (C=O) groups excluding carboxylic acids is 1. The second-order valence-corrected chi connectivity index (χ2v) is 6.19. The highest BCUT2D eigenvalue weighted by molar-refractivity contribution is 9.10.